The van der Waals surface area contributed by atoms with E-state index in [9.17, 15) is 15.3 Å². The van der Waals surface area contributed by atoms with Gasteiger partial charge in [0.15, 0.2) is 16.9 Å². The van der Waals surface area contributed by atoms with E-state index in [0.29, 0.717) is 40.6 Å². The van der Waals surface area contributed by atoms with Crippen LogP contribution < -0.4 is 14.2 Å². The molecular formula is C25H28N2O4. The van der Waals surface area contributed by atoms with Gasteiger partial charge in [-0.05, 0) is 62.3 Å². The molecule has 0 saturated heterocycles. The van der Waals surface area contributed by atoms with Gasteiger partial charge in [-0.1, -0.05) is 6.07 Å². The molecule has 0 radical (unpaired) electrons. The van der Waals surface area contributed by atoms with Crippen LogP contribution in [-0.4, -0.2) is 27.1 Å². The average molecular weight is 421 g/mol. The van der Waals surface area contributed by atoms with Crippen LogP contribution in [0.3, 0.4) is 0 Å². The summed E-state index contributed by atoms with van der Waals surface area (Å²) >= 11 is 0. The molecule has 162 valence electrons. The smallest absolute Gasteiger partial charge is 0.203 e. The second kappa shape index (κ2) is 6.89. The number of hydrogen-bond acceptors (Lipinski definition) is 6. The topological polar surface area (TPSA) is 92.3 Å². The van der Waals surface area contributed by atoms with Crippen molar-refractivity contribution in [2.45, 2.75) is 44.4 Å². The standard InChI is InChI=1S/C25H28N2O4/c1-29-18-5-4-17(21(30-2)22(18)31-3)19-20(25(19,12-26)13-27)23(28)24-9-14-6-15(10-24)8-16(7-14)11-24/h4-5,14-16,19-20H,6-11H2,1-3H3/t14?,15?,16?,19?,20-,24?/m0/s1. The molecule has 0 aliphatic heterocycles. The van der Waals surface area contributed by atoms with E-state index in [4.69, 9.17) is 14.2 Å². The highest BCUT2D eigenvalue weighted by molar-refractivity contribution is 5.94. The minimum Gasteiger partial charge on any atom is -0.493 e. The Morgan fingerprint density at radius 3 is 1.90 bits per heavy atom. The molecule has 1 aromatic rings. The summed E-state index contributed by atoms with van der Waals surface area (Å²) in [5.41, 5.74) is -1.03. The number of rotatable bonds is 6. The van der Waals surface area contributed by atoms with Crippen molar-refractivity contribution in [3.63, 3.8) is 0 Å². The summed E-state index contributed by atoms with van der Waals surface area (Å²) in [5.74, 6) is 2.24. The largest absolute Gasteiger partial charge is 0.493 e. The molecule has 0 spiro atoms. The maximum absolute atomic E-state index is 14.1. The van der Waals surface area contributed by atoms with Crippen LogP contribution in [0.1, 0.15) is 50.0 Å². The van der Waals surface area contributed by atoms with Gasteiger partial charge in [-0.3, -0.25) is 4.79 Å². The molecule has 4 bridgehead atoms. The van der Waals surface area contributed by atoms with Crippen molar-refractivity contribution in [2.75, 3.05) is 21.3 Å². The molecule has 5 fully saturated rings. The van der Waals surface area contributed by atoms with Crippen molar-refractivity contribution >= 4 is 5.78 Å². The Balaban J connectivity index is 1.56. The number of ether oxygens (including phenoxy) is 3. The minimum absolute atomic E-state index is 0.136. The molecule has 1 aromatic carbocycles. The first-order valence-electron chi connectivity index (χ1n) is 11.1. The molecule has 0 N–H and O–H groups in total. The van der Waals surface area contributed by atoms with E-state index in [-0.39, 0.29) is 11.2 Å². The molecule has 0 heterocycles. The number of Topliss-reactive ketones (excluding diaryl/α,β-unsaturated/α-hetero) is 1. The van der Waals surface area contributed by atoms with Gasteiger partial charge >= 0.3 is 0 Å². The van der Waals surface area contributed by atoms with Gasteiger partial charge in [0.25, 0.3) is 0 Å². The lowest BCUT2D eigenvalue weighted by Gasteiger charge is -2.56. The maximum Gasteiger partial charge on any atom is 0.203 e. The Hall–Kier alpha value is -2.73. The third-order valence-corrected chi connectivity index (χ3v) is 8.49. The third kappa shape index (κ3) is 2.64. The SMILES string of the molecule is COc1ccc(C2[C@@H](C(=O)C34CC5CC(CC(C5)C3)C4)C2(C#N)C#N)c(OC)c1OC. The Kier molecular flexibility index (Phi) is 4.49. The minimum atomic E-state index is -1.35. The van der Waals surface area contributed by atoms with Crippen molar-refractivity contribution in [3.8, 4) is 29.4 Å². The number of hydrogen-bond donors (Lipinski definition) is 0. The van der Waals surface area contributed by atoms with Gasteiger partial charge in [0.05, 0.1) is 39.4 Å². The molecule has 6 rings (SSSR count). The summed E-state index contributed by atoms with van der Waals surface area (Å²) in [4.78, 5) is 14.1. The van der Waals surface area contributed by atoms with Gasteiger partial charge in [-0.15, -0.1) is 0 Å². The summed E-state index contributed by atoms with van der Waals surface area (Å²) in [6.07, 6.45) is 6.51. The zero-order chi connectivity index (χ0) is 22.0. The van der Waals surface area contributed by atoms with Gasteiger partial charge in [0.2, 0.25) is 5.75 Å². The lowest BCUT2D eigenvalue weighted by Crippen LogP contribution is -2.50. The van der Waals surface area contributed by atoms with E-state index < -0.39 is 17.3 Å². The highest BCUT2D eigenvalue weighted by Crippen LogP contribution is 2.71. The summed E-state index contributed by atoms with van der Waals surface area (Å²) in [7, 11) is 4.60. The van der Waals surface area contributed by atoms with Crippen LogP contribution >= 0.6 is 0 Å². The van der Waals surface area contributed by atoms with Crippen LogP contribution in [0.5, 0.6) is 17.2 Å². The Bertz CT molecular complexity index is 968. The zero-order valence-corrected chi connectivity index (χ0v) is 18.3. The normalized spacial score (nSPS) is 36.2. The molecule has 5 aliphatic rings. The summed E-state index contributed by atoms with van der Waals surface area (Å²) in [6.45, 7) is 0. The number of carbonyl (C=O) groups is 1. The van der Waals surface area contributed by atoms with Gasteiger partial charge in [-0.25, -0.2) is 0 Å². The molecular weight excluding hydrogens is 392 g/mol. The van der Waals surface area contributed by atoms with Crippen LogP contribution in [-0.2, 0) is 4.79 Å². The number of ketones is 1. The van der Waals surface area contributed by atoms with E-state index in [1.165, 1.54) is 33.5 Å². The van der Waals surface area contributed by atoms with E-state index in [1.54, 1.807) is 19.2 Å². The van der Waals surface area contributed by atoms with Crippen LogP contribution in [0, 0.1) is 57.2 Å². The highest BCUT2D eigenvalue weighted by Gasteiger charge is 2.74. The van der Waals surface area contributed by atoms with Crippen molar-refractivity contribution in [1.29, 1.82) is 10.5 Å². The van der Waals surface area contributed by atoms with Crippen molar-refractivity contribution in [1.82, 2.24) is 0 Å². The molecule has 6 heteroatoms. The van der Waals surface area contributed by atoms with Gasteiger partial charge in [-0.2, -0.15) is 10.5 Å². The molecule has 0 amide bonds. The highest BCUT2D eigenvalue weighted by atomic mass is 16.5. The first-order valence-corrected chi connectivity index (χ1v) is 11.1. The predicted molar refractivity (Wildman–Crippen MR) is 112 cm³/mol. The van der Waals surface area contributed by atoms with Crippen LogP contribution in [0.4, 0.5) is 0 Å². The quantitative estimate of drug-likeness (QED) is 0.683. The lowest BCUT2D eigenvalue weighted by molar-refractivity contribution is -0.145. The summed E-state index contributed by atoms with van der Waals surface area (Å²) < 4.78 is 16.5. The molecule has 0 aromatic heterocycles. The van der Waals surface area contributed by atoms with Gasteiger partial charge in [0.1, 0.15) is 5.78 Å². The van der Waals surface area contributed by atoms with E-state index >= 15 is 0 Å². The molecule has 5 saturated carbocycles. The molecule has 1 unspecified atom stereocenters. The van der Waals surface area contributed by atoms with E-state index in [0.717, 1.165) is 19.3 Å². The van der Waals surface area contributed by atoms with Crippen molar-refractivity contribution < 1.29 is 19.0 Å². The first kappa shape index (κ1) is 20.2. The van der Waals surface area contributed by atoms with Crippen molar-refractivity contribution in [2.24, 2.45) is 34.5 Å². The second-order valence-electron chi connectivity index (χ2n) is 10.0. The Labute approximate surface area is 183 Å². The van der Waals surface area contributed by atoms with Gasteiger partial charge in [0, 0.05) is 16.9 Å². The number of carbonyl (C=O) groups excluding carboxylic acids is 1. The third-order valence-electron chi connectivity index (χ3n) is 8.49. The summed E-state index contributed by atoms with van der Waals surface area (Å²) in [6, 6.07) is 8.00. The second-order valence-corrected chi connectivity index (χ2v) is 10.0. The Morgan fingerprint density at radius 1 is 0.903 bits per heavy atom. The number of methoxy groups -OCH3 is 3. The predicted octanol–water partition coefficient (Wildman–Crippen LogP) is 4.24. The molecule has 2 atom stereocenters. The fourth-order valence-electron chi connectivity index (χ4n) is 7.59. The van der Waals surface area contributed by atoms with E-state index in [2.05, 4.69) is 12.1 Å². The van der Waals surface area contributed by atoms with Gasteiger partial charge < -0.3 is 14.2 Å². The fraction of sp³-hybridized carbons (Fsp3) is 0.640. The number of nitriles is 2. The number of benzene rings is 1. The molecule has 31 heavy (non-hydrogen) atoms. The monoisotopic (exact) mass is 420 g/mol. The van der Waals surface area contributed by atoms with Crippen LogP contribution in [0.25, 0.3) is 0 Å². The molecule has 6 nitrogen and oxygen atoms in total. The lowest BCUT2D eigenvalue weighted by atomic mass is 9.48. The molecule has 5 aliphatic carbocycles. The first-order chi connectivity index (χ1) is 15.0. The van der Waals surface area contributed by atoms with Crippen molar-refractivity contribution in [3.05, 3.63) is 17.7 Å². The average Bonchev–Trinajstić information content (AvgIpc) is 3.45. The zero-order valence-electron chi connectivity index (χ0n) is 18.3. The maximum atomic E-state index is 14.1. The van der Waals surface area contributed by atoms with Crippen LogP contribution in [0.15, 0.2) is 12.1 Å². The fourth-order valence-corrected chi connectivity index (χ4v) is 7.59. The number of nitrogens with zero attached hydrogens (tertiary/aromatic N) is 2. The Morgan fingerprint density at radius 2 is 1.45 bits per heavy atom. The van der Waals surface area contributed by atoms with E-state index in [1.807, 2.05) is 0 Å². The summed E-state index contributed by atoms with van der Waals surface area (Å²) in [5, 5.41) is 20.1. The van der Waals surface area contributed by atoms with Crippen LogP contribution in [0.2, 0.25) is 0 Å².